The highest BCUT2D eigenvalue weighted by Crippen LogP contribution is 2.52. The van der Waals surface area contributed by atoms with Crippen molar-refractivity contribution in [3.8, 4) is 0 Å². The molecule has 0 radical (unpaired) electrons. The molecule has 0 unspecified atom stereocenters. The minimum Gasteiger partial charge on any atom is -0.464 e. The molecular formula is C17H21NO3. The highest BCUT2D eigenvalue weighted by molar-refractivity contribution is 5.95. The van der Waals surface area contributed by atoms with Gasteiger partial charge < -0.3 is 9.64 Å². The van der Waals surface area contributed by atoms with Gasteiger partial charge in [0, 0.05) is 18.9 Å². The molecule has 2 aliphatic heterocycles. The van der Waals surface area contributed by atoms with E-state index in [0.717, 1.165) is 11.1 Å². The van der Waals surface area contributed by atoms with Gasteiger partial charge in [-0.1, -0.05) is 38.1 Å². The maximum absolute atomic E-state index is 12.8. The summed E-state index contributed by atoms with van der Waals surface area (Å²) in [7, 11) is 0. The topological polar surface area (TPSA) is 46.6 Å². The van der Waals surface area contributed by atoms with E-state index in [0.29, 0.717) is 19.6 Å². The van der Waals surface area contributed by atoms with Crippen molar-refractivity contribution in [2.75, 3.05) is 6.61 Å². The summed E-state index contributed by atoms with van der Waals surface area (Å²) in [5, 5.41) is 0. The Bertz CT molecular complexity index is 595. The quantitative estimate of drug-likeness (QED) is 0.802. The Labute approximate surface area is 125 Å². The predicted molar refractivity (Wildman–Crippen MR) is 78.6 cm³/mol. The zero-order valence-electron chi connectivity index (χ0n) is 12.8. The number of fused-ring (bicyclic) bond motifs is 4. The molecule has 4 nitrogen and oxygen atoms in total. The van der Waals surface area contributed by atoms with Crippen molar-refractivity contribution >= 4 is 11.9 Å². The molecule has 0 N–H and O–H groups in total. The van der Waals surface area contributed by atoms with Crippen LogP contribution in [0.3, 0.4) is 0 Å². The molecule has 1 aromatic carbocycles. The van der Waals surface area contributed by atoms with E-state index in [4.69, 9.17) is 4.74 Å². The predicted octanol–water partition coefficient (Wildman–Crippen LogP) is 2.47. The van der Waals surface area contributed by atoms with E-state index in [1.54, 1.807) is 4.90 Å². The Morgan fingerprint density at radius 1 is 1.43 bits per heavy atom. The number of ether oxygens (including phenoxy) is 1. The van der Waals surface area contributed by atoms with Crippen LogP contribution in [0.15, 0.2) is 24.3 Å². The molecule has 1 amide bonds. The summed E-state index contributed by atoms with van der Waals surface area (Å²) in [5.74, 6) is -0.293. The van der Waals surface area contributed by atoms with Gasteiger partial charge in [-0.15, -0.1) is 0 Å². The molecule has 21 heavy (non-hydrogen) atoms. The SMILES string of the molecule is CCOC(=O)[C@@]1(C(C)C)[C@H]2CC(=O)N1Cc1ccccc12. The lowest BCUT2D eigenvalue weighted by atomic mass is 9.69. The largest absolute Gasteiger partial charge is 0.464 e. The van der Waals surface area contributed by atoms with Gasteiger partial charge in [0.2, 0.25) is 5.91 Å². The van der Waals surface area contributed by atoms with Crippen LogP contribution in [0.25, 0.3) is 0 Å². The molecule has 0 aromatic heterocycles. The first kappa shape index (κ1) is 14.1. The number of esters is 1. The van der Waals surface area contributed by atoms with Crippen molar-refractivity contribution < 1.29 is 14.3 Å². The number of hydrogen-bond donors (Lipinski definition) is 0. The Kier molecular flexibility index (Phi) is 3.27. The third-order valence-electron chi connectivity index (χ3n) is 4.90. The molecule has 2 atom stereocenters. The second-order valence-corrected chi connectivity index (χ2v) is 6.14. The van der Waals surface area contributed by atoms with Crippen LogP contribution in [0.2, 0.25) is 0 Å². The average molecular weight is 287 g/mol. The molecule has 1 fully saturated rings. The highest BCUT2D eigenvalue weighted by atomic mass is 16.5. The molecule has 2 bridgehead atoms. The summed E-state index contributed by atoms with van der Waals surface area (Å²) in [6.07, 6.45) is 0.397. The summed E-state index contributed by atoms with van der Waals surface area (Å²) in [5.41, 5.74) is 1.43. The first-order valence-electron chi connectivity index (χ1n) is 7.59. The zero-order chi connectivity index (χ0) is 15.2. The summed E-state index contributed by atoms with van der Waals surface area (Å²) >= 11 is 0. The van der Waals surface area contributed by atoms with E-state index in [-0.39, 0.29) is 23.7 Å². The highest BCUT2D eigenvalue weighted by Gasteiger charge is 2.63. The summed E-state index contributed by atoms with van der Waals surface area (Å²) < 4.78 is 5.36. The number of carbonyl (C=O) groups excluding carboxylic acids is 2. The van der Waals surface area contributed by atoms with Crippen molar-refractivity contribution in [1.82, 2.24) is 4.90 Å². The van der Waals surface area contributed by atoms with E-state index in [9.17, 15) is 9.59 Å². The molecule has 3 rings (SSSR count). The van der Waals surface area contributed by atoms with Gasteiger partial charge in [-0.05, 0) is 24.0 Å². The zero-order valence-corrected chi connectivity index (χ0v) is 12.8. The van der Waals surface area contributed by atoms with Gasteiger partial charge in [0.15, 0.2) is 5.54 Å². The van der Waals surface area contributed by atoms with Crippen LogP contribution in [0.4, 0.5) is 0 Å². The van der Waals surface area contributed by atoms with Gasteiger partial charge in [0.1, 0.15) is 0 Å². The molecule has 0 spiro atoms. The third-order valence-corrected chi connectivity index (χ3v) is 4.90. The van der Waals surface area contributed by atoms with E-state index < -0.39 is 5.54 Å². The lowest BCUT2D eigenvalue weighted by Gasteiger charge is -2.46. The summed E-state index contributed by atoms with van der Waals surface area (Å²) in [6.45, 7) is 6.65. The van der Waals surface area contributed by atoms with E-state index in [2.05, 4.69) is 0 Å². The van der Waals surface area contributed by atoms with Gasteiger partial charge in [-0.3, -0.25) is 4.79 Å². The third kappa shape index (κ3) is 1.74. The van der Waals surface area contributed by atoms with Crippen molar-refractivity contribution in [1.29, 1.82) is 0 Å². The fourth-order valence-corrected chi connectivity index (χ4v) is 4.04. The minimum atomic E-state index is -0.846. The number of nitrogens with zero attached hydrogens (tertiary/aromatic N) is 1. The second-order valence-electron chi connectivity index (χ2n) is 6.14. The van der Waals surface area contributed by atoms with Crippen molar-refractivity contribution in [2.24, 2.45) is 5.92 Å². The van der Waals surface area contributed by atoms with E-state index >= 15 is 0 Å². The van der Waals surface area contributed by atoms with Crippen molar-refractivity contribution in [3.63, 3.8) is 0 Å². The molecule has 1 aromatic rings. The van der Waals surface area contributed by atoms with Gasteiger partial charge in [-0.2, -0.15) is 0 Å². The first-order valence-corrected chi connectivity index (χ1v) is 7.59. The second kappa shape index (κ2) is 4.86. The van der Waals surface area contributed by atoms with Gasteiger partial charge in [0.25, 0.3) is 0 Å². The Morgan fingerprint density at radius 3 is 2.81 bits per heavy atom. The lowest BCUT2D eigenvalue weighted by Crippen LogP contribution is -2.60. The molecule has 2 aliphatic rings. The monoisotopic (exact) mass is 287 g/mol. The molecule has 0 saturated carbocycles. The smallest absolute Gasteiger partial charge is 0.332 e. The molecule has 4 heteroatoms. The Balaban J connectivity index is 2.18. The minimum absolute atomic E-state index is 0.0151. The van der Waals surface area contributed by atoms with E-state index in [1.165, 1.54) is 0 Å². The number of hydrogen-bond acceptors (Lipinski definition) is 3. The van der Waals surface area contributed by atoms with Crippen LogP contribution in [-0.4, -0.2) is 28.9 Å². The standard InChI is InChI=1S/C17H21NO3/c1-4-21-16(20)17(11(2)3)14-9-15(19)18(17)10-12-7-5-6-8-13(12)14/h5-8,11,14H,4,9-10H2,1-3H3/t14-,17+/m0/s1. The Morgan fingerprint density at radius 2 is 2.14 bits per heavy atom. The van der Waals surface area contributed by atoms with Crippen LogP contribution in [-0.2, 0) is 20.9 Å². The number of amides is 1. The fourth-order valence-electron chi connectivity index (χ4n) is 4.04. The van der Waals surface area contributed by atoms with E-state index in [1.807, 2.05) is 45.0 Å². The van der Waals surface area contributed by atoms with Gasteiger partial charge in [-0.25, -0.2) is 4.79 Å². The lowest BCUT2D eigenvalue weighted by molar-refractivity contribution is -0.165. The van der Waals surface area contributed by atoms with Crippen molar-refractivity contribution in [3.05, 3.63) is 35.4 Å². The normalized spacial score (nSPS) is 27.0. The van der Waals surface area contributed by atoms with Gasteiger partial charge >= 0.3 is 5.97 Å². The average Bonchev–Trinajstić information content (AvgIpc) is 2.66. The van der Waals surface area contributed by atoms with Crippen LogP contribution >= 0.6 is 0 Å². The maximum Gasteiger partial charge on any atom is 0.332 e. The number of carbonyl (C=O) groups is 2. The molecule has 0 aliphatic carbocycles. The summed E-state index contributed by atoms with van der Waals surface area (Å²) in [6, 6.07) is 8.06. The van der Waals surface area contributed by atoms with Crippen LogP contribution < -0.4 is 0 Å². The number of benzene rings is 1. The van der Waals surface area contributed by atoms with Crippen LogP contribution in [0, 0.1) is 5.92 Å². The van der Waals surface area contributed by atoms with Crippen LogP contribution in [0.5, 0.6) is 0 Å². The first-order chi connectivity index (χ1) is 10.0. The molecule has 1 saturated heterocycles. The maximum atomic E-state index is 12.8. The molecular weight excluding hydrogens is 266 g/mol. The molecule has 112 valence electrons. The van der Waals surface area contributed by atoms with Crippen LogP contribution in [0.1, 0.15) is 44.2 Å². The molecule has 2 heterocycles. The number of rotatable bonds is 3. The fraction of sp³-hybridized carbons (Fsp3) is 0.529. The van der Waals surface area contributed by atoms with Crippen molar-refractivity contribution in [2.45, 2.75) is 45.2 Å². The summed E-state index contributed by atoms with van der Waals surface area (Å²) in [4.78, 5) is 27.0. The van der Waals surface area contributed by atoms with Gasteiger partial charge in [0.05, 0.1) is 6.61 Å². The Hall–Kier alpha value is -1.84.